The van der Waals surface area contributed by atoms with Crippen LogP contribution in [0, 0.1) is 0 Å². The summed E-state index contributed by atoms with van der Waals surface area (Å²) in [7, 11) is 0. The summed E-state index contributed by atoms with van der Waals surface area (Å²) >= 11 is 1.67. The number of para-hydroxylation sites is 1. The third-order valence-corrected chi connectivity index (χ3v) is 7.41. The SMILES string of the molecule is O=C(NCCOc1ccccc1)c1ccc2nc(N3CCC(N4CCOCC4)CC3)sc2c1. The van der Waals surface area contributed by atoms with E-state index in [2.05, 4.69) is 15.1 Å². The highest BCUT2D eigenvalue weighted by atomic mass is 32.1. The maximum atomic E-state index is 12.6. The number of nitrogens with zero attached hydrogens (tertiary/aromatic N) is 3. The second-order valence-electron chi connectivity index (χ2n) is 8.46. The number of rotatable bonds is 7. The summed E-state index contributed by atoms with van der Waals surface area (Å²) in [6.45, 7) is 6.75. The molecule has 0 bridgehead atoms. The molecule has 5 rings (SSSR count). The van der Waals surface area contributed by atoms with Crippen LogP contribution in [0.3, 0.4) is 0 Å². The highest BCUT2D eigenvalue weighted by Gasteiger charge is 2.27. The quantitative estimate of drug-likeness (QED) is 0.539. The van der Waals surface area contributed by atoms with Crippen LogP contribution in [0.2, 0.25) is 0 Å². The normalized spacial score (nSPS) is 17.9. The number of aromatic nitrogens is 1. The Balaban J connectivity index is 1.14. The van der Waals surface area contributed by atoms with Gasteiger partial charge in [-0.15, -0.1) is 0 Å². The van der Waals surface area contributed by atoms with E-state index < -0.39 is 0 Å². The first-order valence-corrected chi connectivity index (χ1v) is 12.5. The molecule has 2 aliphatic rings. The average Bonchev–Trinajstić information content (AvgIpc) is 3.31. The molecule has 1 amide bonds. The summed E-state index contributed by atoms with van der Waals surface area (Å²) in [5.74, 6) is 0.717. The molecule has 3 heterocycles. The van der Waals surface area contributed by atoms with Crippen molar-refractivity contribution >= 4 is 32.6 Å². The van der Waals surface area contributed by atoms with Crippen molar-refractivity contribution in [3.63, 3.8) is 0 Å². The van der Waals surface area contributed by atoms with Gasteiger partial charge in [0.15, 0.2) is 5.13 Å². The summed E-state index contributed by atoms with van der Waals surface area (Å²) in [5.41, 5.74) is 1.61. The van der Waals surface area contributed by atoms with Gasteiger partial charge in [-0.3, -0.25) is 9.69 Å². The van der Waals surface area contributed by atoms with E-state index >= 15 is 0 Å². The van der Waals surface area contributed by atoms with Crippen molar-refractivity contribution in [2.75, 3.05) is 57.4 Å². The molecule has 2 aromatic carbocycles. The van der Waals surface area contributed by atoms with Gasteiger partial charge in [0.25, 0.3) is 5.91 Å². The highest BCUT2D eigenvalue weighted by Crippen LogP contribution is 2.32. The molecule has 0 atom stereocenters. The van der Waals surface area contributed by atoms with Gasteiger partial charge in [0.05, 0.1) is 30.0 Å². The van der Waals surface area contributed by atoms with E-state index in [1.54, 1.807) is 11.3 Å². The van der Waals surface area contributed by atoms with Crippen molar-refractivity contribution in [1.29, 1.82) is 0 Å². The van der Waals surface area contributed by atoms with Crippen LogP contribution in [0.4, 0.5) is 5.13 Å². The van der Waals surface area contributed by atoms with E-state index in [4.69, 9.17) is 14.5 Å². The topological polar surface area (TPSA) is 66.9 Å². The fraction of sp³-hybridized carbons (Fsp3) is 0.440. The van der Waals surface area contributed by atoms with Gasteiger partial charge in [-0.25, -0.2) is 4.98 Å². The van der Waals surface area contributed by atoms with Crippen molar-refractivity contribution in [1.82, 2.24) is 15.2 Å². The number of hydrogen-bond donors (Lipinski definition) is 1. The predicted molar refractivity (Wildman–Crippen MR) is 132 cm³/mol. The minimum Gasteiger partial charge on any atom is -0.492 e. The summed E-state index contributed by atoms with van der Waals surface area (Å²) in [6.07, 6.45) is 2.32. The summed E-state index contributed by atoms with van der Waals surface area (Å²) in [6, 6.07) is 16.0. The standard InChI is InChI=1S/C25H30N4O3S/c30-24(26-10-15-32-21-4-2-1-3-5-21)19-6-7-22-23(18-19)33-25(27-22)29-11-8-20(9-12-29)28-13-16-31-17-14-28/h1-7,18,20H,8-17H2,(H,26,30). The Labute approximate surface area is 198 Å². The molecule has 174 valence electrons. The molecule has 1 aromatic heterocycles. The zero-order valence-corrected chi connectivity index (χ0v) is 19.6. The summed E-state index contributed by atoms with van der Waals surface area (Å²) in [5, 5.41) is 3.99. The predicted octanol–water partition coefficient (Wildman–Crippen LogP) is 3.41. The van der Waals surface area contributed by atoms with Gasteiger partial charge in [-0.2, -0.15) is 0 Å². The Morgan fingerprint density at radius 3 is 2.67 bits per heavy atom. The molecule has 0 saturated carbocycles. The molecule has 0 aliphatic carbocycles. The lowest BCUT2D eigenvalue weighted by Gasteiger charge is -2.40. The number of fused-ring (bicyclic) bond motifs is 1. The molecule has 2 aliphatic heterocycles. The number of piperidine rings is 1. The van der Waals surface area contributed by atoms with Gasteiger partial charge in [0.2, 0.25) is 0 Å². The first kappa shape index (κ1) is 22.1. The zero-order valence-electron chi connectivity index (χ0n) is 18.7. The van der Waals surface area contributed by atoms with E-state index in [1.165, 1.54) is 0 Å². The molecule has 0 unspecified atom stereocenters. The number of hydrogen-bond acceptors (Lipinski definition) is 7. The van der Waals surface area contributed by atoms with Gasteiger partial charge >= 0.3 is 0 Å². The van der Waals surface area contributed by atoms with E-state index in [0.717, 1.165) is 73.3 Å². The average molecular weight is 467 g/mol. The van der Waals surface area contributed by atoms with Crippen LogP contribution in [0.25, 0.3) is 10.2 Å². The van der Waals surface area contributed by atoms with E-state index in [1.807, 2.05) is 48.5 Å². The Hall–Kier alpha value is -2.68. The molecule has 2 saturated heterocycles. The lowest BCUT2D eigenvalue weighted by Crippen LogP contribution is -2.49. The lowest BCUT2D eigenvalue weighted by atomic mass is 10.0. The number of amides is 1. The zero-order chi connectivity index (χ0) is 22.5. The third-order valence-electron chi connectivity index (χ3n) is 6.34. The van der Waals surface area contributed by atoms with Gasteiger partial charge in [-0.1, -0.05) is 29.5 Å². The molecule has 8 heteroatoms. The Bertz CT molecular complexity index is 1060. The summed E-state index contributed by atoms with van der Waals surface area (Å²) < 4.78 is 12.2. The summed E-state index contributed by atoms with van der Waals surface area (Å²) in [4.78, 5) is 22.4. The van der Waals surface area contributed by atoms with Crippen LogP contribution >= 0.6 is 11.3 Å². The van der Waals surface area contributed by atoms with Crippen LogP contribution in [-0.4, -0.2) is 74.4 Å². The van der Waals surface area contributed by atoms with Crippen molar-refractivity contribution in [3.05, 3.63) is 54.1 Å². The number of morpholine rings is 1. The molecular weight excluding hydrogens is 436 g/mol. The molecule has 1 N–H and O–H groups in total. The minimum atomic E-state index is -0.0881. The Morgan fingerprint density at radius 2 is 1.88 bits per heavy atom. The van der Waals surface area contributed by atoms with Crippen molar-refractivity contribution in [3.8, 4) is 5.75 Å². The number of ether oxygens (including phenoxy) is 2. The van der Waals surface area contributed by atoms with E-state index in [0.29, 0.717) is 24.8 Å². The monoisotopic (exact) mass is 466 g/mol. The molecule has 2 fully saturated rings. The molecule has 7 nitrogen and oxygen atoms in total. The number of carbonyl (C=O) groups excluding carboxylic acids is 1. The smallest absolute Gasteiger partial charge is 0.251 e. The Morgan fingerprint density at radius 1 is 1.09 bits per heavy atom. The first-order chi connectivity index (χ1) is 16.3. The molecule has 33 heavy (non-hydrogen) atoms. The highest BCUT2D eigenvalue weighted by molar-refractivity contribution is 7.22. The number of anilines is 1. The van der Waals surface area contributed by atoms with Crippen LogP contribution in [0.5, 0.6) is 5.75 Å². The minimum absolute atomic E-state index is 0.0881. The van der Waals surface area contributed by atoms with E-state index in [-0.39, 0.29) is 5.91 Å². The fourth-order valence-electron chi connectivity index (χ4n) is 4.51. The van der Waals surface area contributed by atoms with Crippen molar-refractivity contribution in [2.24, 2.45) is 0 Å². The third kappa shape index (κ3) is 5.46. The number of thiazole rings is 1. The van der Waals surface area contributed by atoms with E-state index in [9.17, 15) is 4.79 Å². The molecule has 3 aromatic rings. The van der Waals surface area contributed by atoms with Gasteiger partial charge < -0.3 is 19.7 Å². The van der Waals surface area contributed by atoms with Crippen LogP contribution in [0.1, 0.15) is 23.2 Å². The maximum absolute atomic E-state index is 12.6. The Kier molecular flexibility index (Phi) is 7.04. The number of carbonyl (C=O) groups is 1. The van der Waals surface area contributed by atoms with Gasteiger partial charge in [0, 0.05) is 37.8 Å². The molecule has 0 radical (unpaired) electrons. The van der Waals surface area contributed by atoms with Gasteiger partial charge in [-0.05, 0) is 43.2 Å². The number of nitrogens with one attached hydrogen (secondary N) is 1. The second kappa shape index (κ2) is 10.5. The van der Waals surface area contributed by atoms with Crippen molar-refractivity contribution in [2.45, 2.75) is 18.9 Å². The van der Waals surface area contributed by atoms with Crippen molar-refractivity contribution < 1.29 is 14.3 Å². The largest absolute Gasteiger partial charge is 0.492 e. The molecule has 0 spiro atoms. The number of benzene rings is 2. The van der Waals surface area contributed by atoms with Crippen LogP contribution in [0.15, 0.2) is 48.5 Å². The first-order valence-electron chi connectivity index (χ1n) is 11.7. The molecular formula is C25H30N4O3S. The maximum Gasteiger partial charge on any atom is 0.251 e. The second-order valence-corrected chi connectivity index (χ2v) is 9.47. The lowest BCUT2D eigenvalue weighted by molar-refractivity contribution is 0.0115. The fourth-order valence-corrected chi connectivity index (χ4v) is 5.56. The van der Waals surface area contributed by atoms with Crippen LogP contribution in [-0.2, 0) is 4.74 Å². The van der Waals surface area contributed by atoms with Crippen LogP contribution < -0.4 is 15.0 Å². The van der Waals surface area contributed by atoms with Gasteiger partial charge in [0.1, 0.15) is 12.4 Å².